The first kappa shape index (κ1) is 12.4. The van der Waals surface area contributed by atoms with Crippen molar-refractivity contribution >= 4 is 28.1 Å². The van der Waals surface area contributed by atoms with Crippen LogP contribution in [0.4, 0.5) is 5.69 Å². The van der Waals surface area contributed by atoms with Gasteiger partial charge in [0.15, 0.2) is 11.5 Å². The monoisotopic (exact) mass is 295 g/mol. The van der Waals surface area contributed by atoms with Crippen LogP contribution in [0.15, 0.2) is 34.7 Å². The highest BCUT2D eigenvalue weighted by Gasteiger charge is 2.28. The van der Waals surface area contributed by atoms with E-state index in [4.69, 9.17) is 9.68 Å². The maximum atomic E-state index is 8.83. The molecule has 0 aliphatic heterocycles. The molecule has 0 radical (unpaired) electrons. The minimum absolute atomic E-state index is 0.532. The molecule has 104 valence electrons. The van der Waals surface area contributed by atoms with E-state index in [0.29, 0.717) is 12.5 Å². The van der Waals surface area contributed by atoms with E-state index >= 15 is 0 Å². The van der Waals surface area contributed by atoms with E-state index in [9.17, 15) is 0 Å². The topological polar surface area (TPSA) is 61.9 Å². The number of nitriles is 1. The third-order valence-corrected chi connectivity index (χ3v) is 4.56. The number of fused-ring (bicyclic) bond motifs is 1. The minimum Gasteiger partial charge on any atom is -0.440 e. The predicted molar refractivity (Wildman–Crippen MR) is 82.3 cm³/mol. The lowest BCUT2D eigenvalue weighted by Crippen LogP contribution is -1.96. The Labute approximate surface area is 126 Å². The summed E-state index contributed by atoms with van der Waals surface area (Å²) in [5, 5.41) is 12.2. The van der Waals surface area contributed by atoms with Crippen LogP contribution in [0.25, 0.3) is 11.1 Å². The SMILES string of the molecule is N#Cc1ccc(CNc2ccc3oc(C4CC4)nc3c2)s1. The first-order valence-corrected chi connectivity index (χ1v) is 7.76. The van der Waals surface area contributed by atoms with Gasteiger partial charge in [-0.3, -0.25) is 0 Å². The molecule has 21 heavy (non-hydrogen) atoms. The van der Waals surface area contributed by atoms with E-state index in [-0.39, 0.29) is 0 Å². The number of rotatable bonds is 4. The molecule has 1 saturated carbocycles. The van der Waals surface area contributed by atoms with Crippen LogP contribution < -0.4 is 5.32 Å². The van der Waals surface area contributed by atoms with E-state index in [2.05, 4.69) is 16.4 Å². The summed E-state index contributed by atoms with van der Waals surface area (Å²) in [6, 6.07) is 12.0. The Morgan fingerprint density at radius 1 is 1.33 bits per heavy atom. The van der Waals surface area contributed by atoms with Crippen LogP contribution in [0, 0.1) is 11.3 Å². The largest absolute Gasteiger partial charge is 0.440 e. The van der Waals surface area contributed by atoms with E-state index in [0.717, 1.165) is 32.4 Å². The average molecular weight is 295 g/mol. The second-order valence-electron chi connectivity index (χ2n) is 5.24. The Bertz CT molecular complexity index is 839. The van der Waals surface area contributed by atoms with Crippen molar-refractivity contribution in [3.63, 3.8) is 0 Å². The van der Waals surface area contributed by atoms with Crippen LogP contribution >= 0.6 is 11.3 Å². The first-order valence-electron chi connectivity index (χ1n) is 6.95. The molecule has 3 aromatic rings. The smallest absolute Gasteiger partial charge is 0.198 e. The number of benzene rings is 1. The van der Waals surface area contributed by atoms with Gasteiger partial charge in [0, 0.05) is 23.0 Å². The summed E-state index contributed by atoms with van der Waals surface area (Å²) in [6.07, 6.45) is 2.38. The van der Waals surface area contributed by atoms with Gasteiger partial charge in [0.25, 0.3) is 0 Å². The van der Waals surface area contributed by atoms with Gasteiger partial charge in [0.2, 0.25) is 0 Å². The van der Waals surface area contributed by atoms with Gasteiger partial charge in [-0.15, -0.1) is 11.3 Å². The predicted octanol–water partition coefficient (Wildman–Crippen LogP) is 4.25. The second kappa shape index (κ2) is 4.90. The summed E-state index contributed by atoms with van der Waals surface area (Å²) in [4.78, 5) is 6.45. The molecule has 2 aromatic heterocycles. The zero-order chi connectivity index (χ0) is 14.2. The summed E-state index contributed by atoms with van der Waals surface area (Å²) in [5.74, 6) is 1.41. The Morgan fingerprint density at radius 3 is 3.00 bits per heavy atom. The second-order valence-corrected chi connectivity index (χ2v) is 6.41. The standard InChI is InChI=1S/C16H13N3OS/c17-8-12-4-5-13(21-12)9-18-11-3-6-15-14(7-11)19-16(20-15)10-1-2-10/h3-7,10,18H,1-2,9H2. The summed E-state index contributed by atoms with van der Waals surface area (Å²) < 4.78 is 5.75. The maximum Gasteiger partial charge on any atom is 0.198 e. The number of anilines is 1. The van der Waals surface area contributed by atoms with Crippen molar-refractivity contribution in [2.24, 2.45) is 0 Å². The summed E-state index contributed by atoms with van der Waals surface area (Å²) in [7, 11) is 0. The van der Waals surface area contributed by atoms with Gasteiger partial charge in [-0.25, -0.2) is 4.98 Å². The first-order chi connectivity index (χ1) is 10.3. The Hall–Kier alpha value is -2.32. The van der Waals surface area contributed by atoms with Crippen molar-refractivity contribution < 1.29 is 4.42 Å². The molecule has 0 amide bonds. The molecule has 1 aliphatic carbocycles. The van der Waals surface area contributed by atoms with Gasteiger partial charge < -0.3 is 9.73 Å². The highest BCUT2D eigenvalue weighted by molar-refractivity contribution is 7.12. The van der Waals surface area contributed by atoms with Crippen LogP contribution in [-0.2, 0) is 6.54 Å². The van der Waals surface area contributed by atoms with E-state index in [1.165, 1.54) is 24.2 Å². The number of aromatic nitrogens is 1. The number of nitrogens with zero attached hydrogens (tertiary/aromatic N) is 2. The number of hydrogen-bond acceptors (Lipinski definition) is 5. The van der Waals surface area contributed by atoms with E-state index in [1.807, 2.05) is 30.3 Å². The lowest BCUT2D eigenvalue weighted by atomic mass is 10.3. The molecule has 0 saturated heterocycles. The molecule has 1 N–H and O–H groups in total. The summed E-state index contributed by atoms with van der Waals surface area (Å²) in [5.41, 5.74) is 2.78. The Morgan fingerprint density at radius 2 is 2.24 bits per heavy atom. The molecule has 1 aliphatic rings. The van der Waals surface area contributed by atoms with Crippen LogP contribution in [0.2, 0.25) is 0 Å². The maximum absolute atomic E-state index is 8.83. The molecule has 1 aromatic carbocycles. The minimum atomic E-state index is 0.532. The molecule has 0 unspecified atom stereocenters. The molecule has 1 fully saturated rings. The van der Waals surface area contributed by atoms with Crippen molar-refractivity contribution in [3.8, 4) is 6.07 Å². The van der Waals surface area contributed by atoms with Gasteiger partial charge >= 0.3 is 0 Å². The number of oxazole rings is 1. The van der Waals surface area contributed by atoms with E-state index < -0.39 is 0 Å². The van der Waals surface area contributed by atoms with Crippen LogP contribution in [0.5, 0.6) is 0 Å². The fourth-order valence-electron chi connectivity index (χ4n) is 2.28. The van der Waals surface area contributed by atoms with Crippen molar-refractivity contribution in [2.45, 2.75) is 25.3 Å². The number of hydrogen-bond donors (Lipinski definition) is 1. The summed E-state index contributed by atoms with van der Waals surface area (Å²) >= 11 is 1.51. The van der Waals surface area contributed by atoms with Crippen molar-refractivity contribution in [1.29, 1.82) is 5.26 Å². The van der Waals surface area contributed by atoms with E-state index in [1.54, 1.807) is 0 Å². The van der Waals surface area contributed by atoms with Crippen LogP contribution in [0.1, 0.15) is 34.4 Å². The fraction of sp³-hybridized carbons (Fsp3) is 0.250. The van der Waals surface area contributed by atoms with Gasteiger partial charge in [0.1, 0.15) is 16.5 Å². The van der Waals surface area contributed by atoms with Gasteiger partial charge in [-0.1, -0.05) is 0 Å². The van der Waals surface area contributed by atoms with Gasteiger partial charge in [-0.05, 0) is 43.2 Å². The lowest BCUT2D eigenvalue weighted by molar-refractivity contribution is 0.533. The number of nitrogens with one attached hydrogen (secondary N) is 1. The third-order valence-electron chi connectivity index (χ3n) is 3.57. The third kappa shape index (κ3) is 2.50. The Balaban J connectivity index is 1.51. The molecular formula is C16H13N3OS. The summed E-state index contributed by atoms with van der Waals surface area (Å²) in [6.45, 7) is 0.713. The zero-order valence-corrected chi connectivity index (χ0v) is 12.1. The normalized spacial score (nSPS) is 14.2. The van der Waals surface area contributed by atoms with Crippen molar-refractivity contribution in [2.75, 3.05) is 5.32 Å². The fourth-order valence-corrected chi connectivity index (χ4v) is 3.03. The average Bonchev–Trinajstić information content (AvgIpc) is 3.11. The molecule has 0 bridgehead atoms. The lowest BCUT2D eigenvalue weighted by Gasteiger charge is -2.03. The highest BCUT2D eigenvalue weighted by atomic mass is 32.1. The highest BCUT2D eigenvalue weighted by Crippen LogP contribution is 2.40. The number of thiophene rings is 1. The molecule has 4 rings (SSSR count). The zero-order valence-electron chi connectivity index (χ0n) is 11.3. The Kier molecular flexibility index (Phi) is 2.90. The van der Waals surface area contributed by atoms with Crippen molar-refractivity contribution in [3.05, 3.63) is 46.0 Å². The molecule has 0 atom stereocenters. The molecule has 0 spiro atoms. The molecule has 2 heterocycles. The molecular weight excluding hydrogens is 282 g/mol. The quantitative estimate of drug-likeness (QED) is 0.781. The van der Waals surface area contributed by atoms with Gasteiger partial charge in [-0.2, -0.15) is 5.26 Å². The molecule has 4 nitrogen and oxygen atoms in total. The van der Waals surface area contributed by atoms with Crippen molar-refractivity contribution in [1.82, 2.24) is 4.98 Å². The van der Waals surface area contributed by atoms with Gasteiger partial charge in [0.05, 0.1) is 0 Å². The van der Waals surface area contributed by atoms with Crippen LogP contribution in [0.3, 0.4) is 0 Å². The van der Waals surface area contributed by atoms with Crippen LogP contribution in [-0.4, -0.2) is 4.98 Å². The molecule has 5 heteroatoms.